The first kappa shape index (κ1) is 29.0. The quantitative estimate of drug-likeness (QED) is 0.280. The molecule has 2 heterocycles. The van der Waals surface area contributed by atoms with Crippen LogP contribution in [0.15, 0.2) is 59.5 Å². The third kappa shape index (κ3) is 6.10. The van der Waals surface area contributed by atoms with Crippen molar-refractivity contribution in [3.63, 3.8) is 0 Å². The van der Waals surface area contributed by atoms with Crippen LogP contribution < -0.4 is 20.5 Å². The van der Waals surface area contributed by atoms with Crippen molar-refractivity contribution in [2.45, 2.75) is 44.4 Å². The number of aromatic nitrogens is 2. The third-order valence-electron chi connectivity index (χ3n) is 5.92. The van der Waals surface area contributed by atoms with Crippen LogP contribution in [0.2, 0.25) is 0 Å². The average Bonchev–Trinajstić information content (AvgIpc) is 3.14. The van der Waals surface area contributed by atoms with Gasteiger partial charge in [-0.2, -0.15) is 4.98 Å². The first-order valence-corrected chi connectivity index (χ1v) is 14.0. The highest BCUT2D eigenvalue weighted by atomic mass is 32.5. The van der Waals surface area contributed by atoms with Gasteiger partial charge in [0.05, 0.1) is 12.8 Å². The Morgan fingerprint density at radius 2 is 1.64 bits per heavy atom. The summed E-state index contributed by atoms with van der Waals surface area (Å²) >= 11 is 5.49. The molecule has 0 unspecified atom stereocenters. The Hall–Kier alpha value is -3.03. The number of ether oxygens (including phenoxy) is 1. The lowest BCUT2D eigenvalue weighted by Gasteiger charge is -2.32. The number of hydrogen-bond donors (Lipinski definition) is 2. The Kier molecular flexibility index (Phi) is 8.33. The zero-order valence-electron chi connectivity index (χ0n) is 20.5. The van der Waals surface area contributed by atoms with Crippen LogP contribution in [0, 0.1) is 19.7 Å². The van der Waals surface area contributed by atoms with Crippen LogP contribution in [0.3, 0.4) is 0 Å². The number of nitrogens with two attached hydrogens (primary N) is 1. The number of nitrogen functional groups attached to an aromatic ring is 1. The summed E-state index contributed by atoms with van der Waals surface area (Å²) in [6.07, 6.45) is -10.4. The lowest BCUT2D eigenvalue weighted by molar-refractivity contribution is -0.192. The van der Waals surface area contributed by atoms with E-state index in [1.165, 1.54) is 0 Å². The Balaban J connectivity index is 1.65. The predicted octanol–water partition coefficient (Wildman–Crippen LogP) is 4.21. The molecule has 3 N–H and O–H groups in total. The van der Waals surface area contributed by atoms with Crippen molar-refractivity contribution in [3.05, 3.63) is 82.2 Å². The normalized spacial score (nSPS) is 23.2. The minimum absolute atomic E-state index is 0.200. The highest BCUT2D eigenvalue weighted by Gasteiger charge is 2.62. The molecule has 1 aliphatic heterocycles. The largest absolute Gasteiger partial charge is 0.435 e. The molecule has 1 saturated heterocycles. The van der Waals surface area contributed by atoms with E-state index in [9.17, 15) is 23.1 Å². The lowest BCUT2D eigenvalue weighted by atomic mass is 9.97. The van der Waals surface area contributed by atoms with Crippen LogP contribution in [0.25, 0.3) is 0 Å². The molecule has 0 saturated carbocycles. The summed E-state index contributed by atoms with van der Waals surface area (Å²) in [7, 11) is 0. The number of alkyl halides is 3. The Morgan fingerprint density at radius 1 is 1.13 bits per heavy atom. The summed E-state index contributed by atoms with van der Waals surface area (Å²) in [5, 5.41) is 10.5. The predicted molar refractivity (Wildman–Crippen MR) is 136 cm³/mol. The monoisotopic (exact) mass is 589 g/mol. The number of aliphatic hydroxyl groups is 1. The van der Waals surface area contributed by atoms with E-state index < -0.39 is 61.2 Å². The minimum Gasteiger partial charge on any atom is -0.416 e. The second kappa shape index (κ2) is 11.2. The second-order valence-corrected chi connectivity index (χ2v) is 11.7. The van der Waals surface area contributed by atoms with Gasteiger partial charge >= 0.3 is 12.4 Å². The highest BCUT2D eigenvalue weighted by Crippen LogP contribution is 2.53. The SMILES string of the molecule is Cc1ccc(OP(=S)(OC[C@@]2(C(F)F)O[C@@H](n3cc(F)c(N)nc3=O)[C@H](F)[C@@H]2O)Oc2ccc(C)cc2)cc1. The Labute approximate surface area is 225 Å². The van der Waals surface area contributed by atoms with Crippen LogP contribution in [-0.4, -0.2) is 45.6 Å². The van der Waals surface area contributed by atoms with Gasteiger partial charge in [-0.25, -0.2) is 22.4 Å². The molecule has 2 aromatic carbocycles. The van der Waals surface area contributed by atoms with Gasteiger partial charge in [-0.3, -0.25) is 9.09 Å². The number of aliphatic hydroxyl groups excluding tert-OH is 1. The maximum Gasteiger partial charge on any atom is 0.435 e. The van der Waals surface area contributed by atoms with Crippen molar-refractivity contribution >= 4 is 24.3 Å². The molecule has 1 aromatic heterocycles. The number of aryl methyl sites for hydroxylation is 2. The van der Waals surface area contributed by atoms with Crippen molar-refractivity contribution < 1.29 is 41.0 Å². The fraction of sp³-hybridized carbons (Fsp3) is 0.333. The third-order valence-corrected chi connectivity index (χ3v) is 7.99. The highest BCUT2D eigenvalue weighted by molar-refractivity contribution is 8.07. The summed E-state index contributed by atoms with van der Waals surface area (Å²) in [5.41, 5.74) is 2.71. The average molecular weight is 590 g/mol. The molecule has 4 atom stereocenters. The van der Waals surface area contributed by atoms with E-state index in [4.69, 9.17) is 35.8 Å². The van der Waals surface area contributed by atoms with Crippen molar-refractivity contribution in [1.82, 2.24) is 9.55 Å². The molecule has 1 aliphatic rings. The summed E-state index contributed by atoms with van der Waals surface area (Å²) in [5.74, 6) is -1.60. The molecule has 9 nitrogen and oxygen atoms in total. The summed E-state index contributed by atoms with van der Waals surface area (Å²) in [4.78, 5) is 15.4. The molecule has 0 amide bonds. The van der Waals surface area contributed by atoms with Crippen molar-refractivity contribution in [1.29, 1.82) is 0 Å². The first-order chi connectivity index (χ1) is 18.3. The van der Waals surface area contributed by atoms with E-state index in [2.05, 4.69) is 4.98 Å². The van der Waals surface area contributed by atoms with Crippen molar-refractivity contribution in [3.8, 4) is 11.5 Å². The van der Waals surface area contributed by atoms with E-state index >= 15 is 4.39 Å². The van der Waals surface area contributed by atoms with Gasteiger partial charge in [-0.1, -0.05) is 35.4 Å². The van der Waals surface area contributed by atoms with E-state index in [-0.39, 0.29) is 16.1 Å². The van der Waals surface area contributed by atoms with Crippen LogP contribution >= 0.6 is 6.72 Å². The lowest BCUT2D eigenvalue weighted by Crippen LogP contribution is -2.52. The second-order valence-electron chi connectivity index (χ2n) is 8.85. The van der Waals surface area contributed by atoms with Crippen LogP contribution in [0.4, 0.5) is 23.4 Å². The molecule has 0 spiro atoms. The molecule has 3 aromatic rings. The molecule has 4 rings (SSSR count). The molecular formula is C24H24F4N3O6PS. The molecule has 15 heteroatoms. The van der Waals surface area contributed by atoms with Gasteiger partial charge in [0, 0.05) is 11.8 Å². The molecule has 0 bridgehead atoms. The van der Waals surface area contributed by atoms with E-state index in [0.717, 1.165) is 11.1 Å². The van der Waals surface area contributed by atoms with E-state index in [0.29, 0.717) is 6.20 Å². The Bertz CT molecular complexity index is 1380. The maximum atomic E-state index is 15.1. The van der Waals surface area contributed by atoms with Crippen molar-refractivity contribution in [2.24, 2.45) is 0 Å². The van der Waals surface area contributed by atoms with Gasteiger partial charge in [0.25, 0.3) is 6.43 Å². The molecular weight excluding hydrogens is 565 g/mol. The molecule has 39 heavy (non-hydrogen) atoms. The number of anilines is 1. The molecule has 0 aliphatic carbocycles. The number of hydrogen-bond acceptors (Lipinski definition) is 9. The zero-order chi connectivity index (χ0) is 28.5. The number of halogens is 4. The van der Waals surface area contributed by atoms with Gasteiger partial charge in [-0.15, -0.1) is 0 Å². The minimum atomic E-state index is -3.96. The smallest absolute Gasteiger partial charge is 0.416 e. The topological polar surface area (TPSA) is 118 Å². The maximum absolute atomic E-state index is 15.1. The summed E-state index contributed by atoms with van der Waals surface area (Å²) in [6, 6.07) is 13.1. The molecule has 0 radical (unpaired) electrons. The van der Waals surface area contributed by atoms with E-state index in [1.807, 2.05) is 13.8 Å². The fourth-order valence-corrected chi connectivity index (χ4v) is 5.64. The first-order valence-electron chi connectivity index (χ1n) is 11.4. The fourth-order valence-electron chi connectivity index (χ4n) is 3.71. The van der Waals surface area contributed by atoms with Gasteiger partial charge in [0.1, 0.15) is 17.6 Å². The summed E-state index contributed by atoms with van der Waals surface area (Å²) in [6.45, 7) is -1.50. The Morgan fingerprint density at radius 3 is 2.13 bits per heavy atom. The van der Waals surface area contributed by atoms with E-state index in [1.54, 1.807) is 48.5 Å². The number of benzene rings is 2. The summed E-state index contributed by atoms with van der Waals surface area (Å²) < 4.78 is 80.6. The standard InChI is InChI=1S/C24H24F4N3O6PS/c1-13-3-7-15(8-4-13)36-38(39,37-16-9-5-14(2)6-10-16)34-12-24(22(27)28)19(32)18(26)21(35-24)31-11-17(25)20(29)30-23(31)33/h3-11,18-19,21-22,32H,12H2,1-2H3,(H2,29,30,33)/t18-,19+,21-,24-/m1/s1. The van der Waals surface area contributed by atoms with Crippen LogP contribution in [0.1, 0.15) is 17.4 Å². The van der Waals surface area contributed by atoms with Gasteiger partial charge in [-0.05, 0) is 38.1 Å². The number of rotatable bonds is 9. The number of nitrogens with zero attached hydrogens (tertiary/aromatic N) is 2. The molecule has 210 valence electrons. The van der Waals surface area contributed by atoms with Gasteiger partial charge in [0.2, 0.25) is 0 Å². The van der Waals surface area contributed by atoms with Gasteiger partial charge < -0.3 is 24.6 Å². The van der Waals surface area contributed by atoms with Gasteiger partial charge in [0.15, 0.2) is 29.6 Å². The molecule has 1 fully saturated rings. The zero-order valence-corrected chi connectivity index (χ0v) is 22.3. The van der Waals surface area contributed by atoms with Crippen molar-refractivity contribution in [2.75, 3.05) is 12.3 Å². The van der Waals surface area contributed by atoms with Crippen LogP contribution in [-0.2, 0) is 21.1 Å². The van der Waals surface area contributed by atoms with Crippen LogP contribution in [0.5, 0.6) is 11.5 Å².